The quantitative estimate of drug-likeness (QED) is 0.177. The highest BCUT2D eigenvalue weighted by Gasteiger charge is 2.19. The minimum Gasteiger partial charge on any atom is -0.510 e. The number of H-pyrrole nitrogens is 1. The van der Waals surface area contributed by atoms with Gasteiger partial charge in [0.25, 0.3) is 0 Å². The van der Waals surface area contributed by atoms with Gasteiger partial charge in [-0.25, -0.2) is 4.98 Å². The summed E-state index contributed by atoms with van der Waals surface area (Å²) in [5.41, 5.74) is 2.41. The molecule has 0 radical (unpaired) electrons. The van der Waals surface area contributed by atoms with Crippen LogP contribution in [0.1, 0.15) is 5.82 Å². The molecule has 0 saturated heterocycles. The zero-order valence-electron chi connectivity index (χ0n) is 17.3. The van der Waals surface area contributed by atoms with Crippen molar-refractivity contribution in [2.75, 3.05) is 12.9 Å². The van der Waals surface area contributed by atoms with Crippen LogP contribution in [0.3, 0.4) is 0 Å². The minimum absolute atomic E-state index is 0.0911. The van der Waals surface area contributed by atoms with Crippen molar-refractivity contribution in [1.29, 1.82) is 5.26 Å². The third-order valence-electron chi connectivity index (χ3n) is 4.74. The van der Waals surface area contributed by atoms with Gasteiger partial charge in [0.05, 0.1) is 29.5 Å². The molecular formula is C23H20N6O2S. The van der Waals surface area contributed by atoms with E-state index in [1.807, 2.05) is 59.2 Å². The molecule has 0 bridgehead atoms. The molecule has 0 aliphatic rings. The summed E-state index contributed by atoms with van der Waals surface area (Å²) in [7, 11) is 1.60. The number of nitrogens with zero attached hydrogens (tertiary/aromatic N) is 5. The highest BCUT2D eigenvalue weighted by molar-refractivity contribution is 7.99. The maximum absolute atomic E-state index is 10.7. The molecule has 0 fully saturated rings. The number of aliphatic hydroxyl groups is 1. The van der Waals surface area contributed by atoms with E-state index in [9.17, 15) is 10.4 Å². The Labute approximate surface area is 188 Å². The molecule has 0 amide bonds. The maximum Gasteiger partial charge on any atom is 0.192 e. The first-order valence-electron chi connectivity index (χ1n) is 9.74. The SMILES string of the molecule is C=CCn1c(SCC(O)=C(C#N)c2nc3ccccc3[nH]2)nnc1-c1ccccc1OC. The number of nitrogens with one attached hydrogen (secondary N) is 1. The Balaban J connectivity index is 1.63. The van der Waals surface area contributed by atoms with Crippen LogP contribution in [0.2, 0.25) is 0 Å². The van der Waals surface area contributed by atoms with E-state index >= 15 is 0 Å². The summed E-state index contributed by atoms with van der Waals surface area (Å²) in [4.78, 5) is 7.48. The molecule has 0 unspecified atom stereocenters. The Morgan fingerprint density at radius 2 is 2.03 bits per heavy atom. The Kier molecular flexibility index (Phi) is 6.24. The average Bonchev–Trinajstić information content (AvgIpc) is 3.42. The first-order chi connectivity index (χ1) is 15.7. The lowest BCUT2D eigenvalue weighted by Crippen LogP contribution is -2.03. The molecule has 4 aromatic rings. The average molecular weight is 445 g/mol. The highest BCUT2D eigenvalue weighted by Crippen LogP contribution is 2.31. The van der Waals surface area contributed by atoms with Gasteiger partial charge in [-0.1, -0.05) is 42.1 Å². The van der Waals surface area contributed by atoms with Crippen LogP contribution in [0.5, 0.6) is 5.75 Å². The topological polar surface area (TPSA) is 113 Å². The van der Waals surface area contributed by atoms with Crippen molar-refractivity contribution in [3.05, 3.63) is 72.8 Å². The largest absolute Gasteiger partial charge is 0.510 e. The zero-order valence-corrected chi connectivity index (χ0v) is 18.1. The van der Waals surface area contributed by atoms with E-state index in [-0.39, 0.29) is 17.1 Å². The molecule has 32 heavy (non-hydrogen) atoms. The van der Waals surface area contributed by atoms with Crippen LogP contribution >= 0.6 is 11.8 Å². The van der Waals surface area contributed by atoms with Crippen molar-refractivity contribution in [3.8, 4) is 23.2 Å². The summed E-state index contributed by atoms with van der Waals surface area (Å²) in [6.45, 7) is 4.29. The third-order valence-corrected chi connectivity index (χ3v) is 5.72. The number of para-hydroxylation sites is 3. The lowest BCUT2D eigenvalue weighted by atomic mass is 10.2. The number of hydrogen-bond donors (Lipinski definition) is 2. The molecule has 2 aromatic heterocycles. The summed E-state index contributed by atoms with van der Waals surface area (Å²) in [5, 5.41) is 29.5. The van der Waals surface area contributed by atoms with E-state index in [2.05, 4.69) is 26.7 Å². The smallest absolute Gasteiger partial charge is 0.192 e. The lowest BCUT2D eigenvalue weighted by Gasteiger charge is -2.10. The number of ether oxygens (including phenoxy) is 1. The van der Waals surface area contributed by atoms with Crippen LogP contribution in [0.25, 0.3) is 28.0 Å². The number of thioether (sulfide) groups is 1. The van der Waals surface area contributed by atoms with Gasteiger partial charge in [0.15, 0.2) is 16.8 Å². The normalized spacial score (nSPS) is 11.8. The number of methoxy groups -OCH3 is 1. The van der Waals surface area contributed by atoms with Crippen molar-refractivity contribution in [2.24, 2.45) is 0 Å². The van der Waals surface area contributed by atoms with E-state index in [0.29, 0.717) is 29.1 Å². The van der Waals surface area contributed by atoms with Gasteiger partial charge in [0, 0.05) is 6.54 Å². The molecule has 9 heteroatoms. The van der Waals surface area contributed by atoms with Crippen LogP contribution in [-0.4, -0.2) is 42.7 Å². The molecule has 2 N–H and O–H groups in total. The van der Waals surface area contributed by atoms with Gasteiger partial charge >= 0.3 is 0 Å². The molecule has 0 atom stereocenters. The van der Waals surface area contributed by atoms with Crippen LogP contribution in [0.4, 0.5) is 0 Å². The maximum atomic E-state index is 10.7. The Morgan fingerprint density at radius 1 is 1.25 bits per heavy atom. The molecule has 0 aliphatic carbocycles. The number of rotatable bonds is 8. The summed E-state index contributed by atoms with van der Waals surface area (Å²) in [6.07, 6.45) is 1.75. The van der Waals surface area contributed by atoms with Gasteiger partial charge < -0.3 is 14.8 Å². The number of fused-ring (bicyclic) bond motifs is 1. The van der Waals surface area contributed by atoms with Gasteiger partial charge in [-0.05, 0) is 24.3 Å². The van der Waals surface area contributed by atoms with Crippen LogP contribution in [0, 0.1) is 11.3 Å². The Morgan fingerprint density at radius 3 is 2.78 bits per heavy atom. The number of aromatic amines is 1. The fourth-order valence-corrected chi connectivity index (χ4v) is 4.07. The van der Waals surface area contributed by atoms with Crippen molar-refractivity contribution in [3.63, 3.8) is 0 Å². The third kappa shape index (κ3) is 4.08. The van der Waals surface area contributed by atoms with Gasteiger partial charge in [-0.3, -0.25) is 4.57 Å². The van der Waals surface area contributed by atoms with Crippen LogP contribution < -0.4 is 4.74 Å². The fourth-order valence-electron chi connectivity index (χ4n) is 3.25. The molecule has 8 nitrogen and oxygen atoms in total. The number of benzene rings is 2. The fraction of sp³-hybridized carbons (Fsp3) is 0.130. The molecule has 160 valence electrons. The monoisotopic (exact) mass is 444 g/mol. The number of imidazole rings is 1. The van der Waals surface area contributed by atoms with Gasteiger partial charge in [0.1, 0.15) is 23.2 Å². The molecule has 0 aliphatic heterocycles. The van der Waals surface area contributed by atoms with E-state index in [1.165, 1.54) is 11.8 Å². The molecule has 0 saturated carbocycles. The summed E-state index contributed by atoms with van der Waals surface area (Å²) in [6, 6.07) is 17.0. The van der Waals surface area contributed by atoms with E-state index in [1.54, 1.807) is 13.2 Å². The number of hydrogen-bond acceptors (Lipinski definition) is 7. The van der Waals surface area contributed by atoms with E-state index < -0.39 is 0 Å². The van der Waals surface area contributed by atoms with Crippen molar-refractivity contribution < 1.29 is 9.84 Å². The van der Waals surface area contributed by atoms with Crippen molar-refractivity contribution in [2.45, 2.75) is 11.7 Å². The molecule has 2 aromatic carbocycles. The molecule has 2 heterocycles. The Bertz CT molecular complexity index is 1320. The van der Waals surface area contributed by atoms with Gasteiger partial charge in [-0.15, -0.1) is 16.8 Å². The first kappa shape index (κ1) is 21.2. The summed E-state index contributed by atoms with van der Waals surface area (Å²) in [5.74, 6) is 1.67. The van der Waals surface area contributed by atoms with Gasteiger partial charge in [0.2, 0.25) is 0 Å². The van der Waals surface area contributed by atoms with Crippen molar-refractivity contribution in [1.82, 2.24) is 24.7 Å². The molecule has 0 spiro atoms. The van der Waals surface area contributed by atoms with Gasteiger partial charge in [-0.2, -0.15) is 5.26 Å². The van der Waals surface area contributed by atoms with E-state index in [4.69, 9.17) is 4.74 Å². The number of aromatic nitrogens is 5. The summed E-state index contributed by atoms with van der Waals surface area (Å²) >= 11 is 1.27. The molecular weight excluding hydrogens is 424 g/mol. The second-order valence-electron chi connectivity index (χ2n) is 6.73. The second kappa shape index (κ2) is 9.41. The standard InChI is InChI=1S/C23H20N6O2S/c1-3-12-29-22(15-8-4-7-11-20(15)31-2)27-28-23(29)32-14-19(30)16(13-24)21-25-17-9-5-6-10-18(17)26-21/h3-11,30H,1,12,14H2,2H3,(H,25,26). The second-order valence-corrected chi connectivity index (χ2v) is 7.67. The number of allylic oxidation sites excluding steroid dienone is 2. The predicted octanol–water partition coefficient (Wildman–Crippen LogP) is 4.60. The lowest BCUT2D eigenvalue weighted by molar-refractivity contribution is 0.416. The van der Waals surface area contributed by atoms with Crippen LogP contribution in [-0.2, 0) is 6.54 Å². The van der Waals surface area contributed by atoms with Crippen LogP contribution in [0.15, 0.2) is 72.1 Å². The van der Waals surface area contributed by atoms with E-state index in [0.717, 1.165) is 16.6 Å². The van der Waals surface area contributed by atoms with Crippen molar-refractivity contribution >= 4 is 28.4 Å². The molecule has 4 rings (SSSR count). The minimum atomic E-state index is -0.0939. The highest BCUT2D eigenvalue weighted by atomic mass is 32.2. The Hall–Kier alpha value is -4.03. The zero-order chi connectivity index (χ0) is 22.5. The number of aliphatic hydroxyl groups excluding tert-OH is 1. The summed E-state index contributed by atoms with van der Waals surface area (Å²) < 4.78 is 7.34. The predicted molar refractivity (Wildman–Crippen MR) is 124 cm³/mol. The first-order valence-corrected chi connectivity index (χ1v) is 10.7. The number of nitriles is 1.